The Morgan fingerprint density at radius 3 is 2.63 bits per heavy atom. The van der Waals surface area contributed by atoms with E-state index < -0.39 is 0 Å². The number of hydrogen-bond donors (Lipinski definition) is 0. The highest BCUT2D eigenvalue weighted by Gasteiger charge is 2.46. The first-order valence-corrected chi connectivity index (χ1v) is 8.62. The fourth-order valence-electron chi connectivity index (χ4n) is 4.54. The van der Waals surface area contributed by atoms with Crippen LogP contribution in [-0.2, 0) is 0 Å². The minimum absolute atomic E-state index is 0.725. The second-order valence-corrected chi connectivity index (χ2v) is 7.78. The summed E-state index contributed by atoms with van der Waals surface area (Å²) in [5.74, 6) is 0.805. The van der Waals surface area contributed by atoms with E-state index in [0.717, 1.165) is 23.4 Å². The van der Waals surface area contributed by atoms with Crippen LogP contribution in [0.1, 0.15) is 59.3 Å². The van der Waals surface area contributed by atoms with E-state index >= 15 is 0 Å². The van der Waals surface area contributed by atoms with Gasteiger partial charge < -0.3 is 0 Å². The molecule has 2 unspecified atom stereocenters. The fourth-order valence-corrected chi connectivity index (χ4v) is 4.54. The summed E-state index contributed by atoms with van der Waals surface area (Å²) in [6, 6.07) is 1.69. The summed E-state index contributed by atoms with van der Waals surface area (Å²) in [7, 11) is 0. The molecular formula is C17H32N2. The summed E-state index contributed by atoms with van der Waals surface area (Å²) in [6.07, 6.45) is 8.71. The number of fused-ring (bicyclic) bond motifs is 1. The Bertz CT molecular complexity index is 308. The maximum absolute atomic E-state index is 2.89. The van der Waals surface area contributed by atoms with Gasteiger partial charge in [-0.15, -0.1) is 0 Å². The van der Waals surface area contributed by atoms with E-state index in [1.807, 2.05) is 0 Å². The van der Waals surface area contributed by atoms with Crippen molar-refractivity contribution in [1.29, 1.82) is 0 Å². The molecule has 0 aromatic carbocycles. The predicted octanol–water partition coefficient (Wildman–Crippen LogP) is 3.37. The molecule has 3 rings (SSSR count). The predicted molar refractivity (Wildman–Crippen MR) is 81.4 cm³/mol. The number of nitrogens with zero attached hydrogens (tertiary/aromatic N) is 2. The molecule has 0 N–H and O–H groups in total. The molecule has 0 radical (unpaired) electrons. The monoisotopic (exact) mass is 264 g/mol. The van der Waals surface area contributed by atoms with Gasteiger partial charge in [-0.3, -0.25) is 9.80 Å². The third-order valence-electron chi connectivity index (χ3n) is 5.88. The Morgan fingerprint density at radius 2 is 2.00 bits per heavy atom. The van der Waals surface area contributed by atoms with Crippen LogP contribution in [0.4, 0.5) is 0 Å². The van der Waals surface area contributed by atoms with Gasteiger partial charge in [0.25, 0.3) is 0 Å². The van der Waals surface area contributed by atoms with Crippen molar-refractivity contribution in [3.05, 3.63) is 0 Å². The highest BCUT2D eigenvalue weighted by Crippen LogP contribution is 2.51. The summed E-state index contributed by atoms with van der Waals surface area (Å²) >= 11 is 0. The maximum atomic E-state index is 2.89. The fraction of sp³-hybridized carbons (Fsp3) is 1.00. The van der Waals surface area contributed by atoms with E-state index in [9.17, 15) is 0 Å². The molecule has 0 amide bonds. The van der Waals surface area contributed by atoms with Gasteiger partial charge in [-0.2, -0.15) is 0 Å². The van der Waals surface area contributed by atoms with E-state index in [1.165, 1.54) is 64.7 Å². The zero-order chi connectivity index (χ0) is 13.5. The maximum Gasteiger partial charge on any atom is 0.0247 e. The van der Waals surface area contributed by atoms with Gasteiger partial charge in [-0.1, -0.05) is 27.2 Å². The first-order chi connectivity index (χ1) is 9.13. The third-order valence-corrected chi connectivity index (χ3v) is 5.88. The number of piperazine rings is 1. The Kier molecular flexibility index (Phi) is 3.92. The van der Waals surface area contributed by atoms with Crippen LogP contribution in [0.25, 0.3) is 0 Å². The summed E-state index contributed by atoms with van der Waals surface area (Å²) in [5.41, 5.74) is 0.725. The first kappa shape index (κ1) is 13.9. The van der Waals surface area contributed by atoms with Gasteiger partial charge in [-0.25, -0.2) is 0 Å². The first-order valence-electron chi connectivity index (χ1n) is 8.62. The molecule has 0 aromatic heterocycles. The Hall–Kier alpha value is -0.0800. The lowest BCUT2D eigenvalue weighted by atomic mass is 9.93. The molecule has 2 nitrogen and oxygen atoms in total. The smallest absolute Gasteiger partial charge is 0.0247 e. The molecule has 1 aliphatic carbocycles. The van der Waals surface area contributed by atoms with E-state index in [4.69, 9.17) is 0 Å². The van der Waals surface area contributed by atoms with E-state index in [-0.39, 0.29) is 0 Å². The largest absolute Gasteiger partial charge is 0.298 e. The molecule has 3 fully saturated rings. The van der Waals surface area contributed by atoms with Gasteiger partial charge in [0.2, 0.25) is 0 Å². The van der Waals surface area contributed by atoms with Gasteiger partial charge in [0.05, 0.1) is 0 Å². The molecule has 2 heterocycles. The summed E-state index contributed by atoms with van der Waals surface area (Å²) in [6.45, 7) is 12.7. The minimum atomic E-state index is 0.725. The van der Waals surface area contributed by atoms with Gasteiger partial charge in [0.15, 0.2) is 0 Å². The topological polar surface area (TPSA) is 6.48 Å². The zero-order valence-corrected chi connectivity index (χ0v) is 13.2. The Balaban J connectivity index is 1.66. The molecule has 0 bridgehead atoms. The van der Waals surface area contributed by atoms with Crippen LogP contribution in [0, 0.1) is 11.3 Å². The van der Waals surface area contributed by atoms with Crippen LogP contribution in [0.15, 0.2) is 0 Å². The molecule has 3 aliphatic rings. The van der Waals surface area contributed by atoms with Gasteiger partial charge in [-0.05, 0) is 50.0 Å². The average molecular weight is 264 g/mol. The molecule has 0 aromatic rings. The second-order valence-electron chi connectivity index (χ2n) is 7.78. The van der Waals surface area contributed by atoms with Crippen molar-refractivity contribution in [3.8, 4) is 0 Å². The van der Waals surface area contributed by atoms with Crippen LogP contribution < -0.4 is 0 Å². The number of rotatable bonds is 5. The van der Waals surface area contributed by atoms with Crippen molar-refractivity contribution in [2.45, 2.75) is 71.4 Å². The zero-order valence-electron chi connectivity index (χ0n) is 13.2. The molecule has 2 atom stereocenters. The van der Waals surface area contributed by atoms with Crippen LogP contribution >= 0.6 is 0 Å². The lowest BCUT2D eigenvalue weighted by molar-refractivity contribution is 0.0150. The van der Waals surface area contributed by atoms with Gasteiger partial charge in [0.1, 0.15) is 0 Å². The van der Waals surface area contributed by atoms with Crippen LogP contribution in [0.2, 0.25) is 0 Å². The Morgan fingerprint density at radius 1 is 1.21 bits per heavy atom. The Labute approximate surface area is 119 Å². The van der Waals surface area contributed by atoms with E-state index in [0.29, 0.717) is 0 Å². The lowest BCUT2D eigenvalue weighted by Gasteiger charge is -2.47. The van der Waals surface area contributed by atoms with Crippen molar-refractivity contribution in [2.75, 3.05) is 26.2 Å². The molecule has 2 heteroatoms. The number of hydrogen-bond acceptors (Lipinski definition) is 2. The van der Waals surface area contributed by atoms with Crippen LogP contribution in [-0.4, -0.2) is 48.1 Å². The van der Waals surface area contributed by atoms with E-state index in [1.54, 1.807) is 0 Å². The molecule has 110 valence electrons. The summed E-state index contributed by atoms with van der Waals surface area (Å²) in [5, 5.41) is 0. The van der Waals surface area contributed by atoms with Gasteiger partial charge in [0, 0.05) is 31.7 Å². The molecule has 19 heavy (non-hydrogen) atoms. The SMILES string of the molecule is CCCC1(CN2CC3CCCN3CC2C(C)C)CC1. The standard InChI is InChI=1S/C17H32N2/c1-4-7-17(8-9-17)13-19-11-15-6-5-10-18(15)12-16(19)14(2)3/h14-16H,4-13H2,1-3H3. The van der Waals surface area contributed by atoms with Crippen LogP contribution in [0.3, 0.4) is 0 Å². The van der Waals surface area contributed by atoms with Crippen molar-refractivity contribution in [3.63, 3.8) is 0 Å². The quantitative estimate of drug-likeness (QED) is 0.751. The van der Waals surface area contributed by atoms with Gasteiger partial charge >= 0.3 is 0 Å². The molecular weight excluding hydrogens is 232 g/mol. The summed E-state index contributed by atoms with van der Waals surface area (Å²) in [4.78, 5) is 5.67. The van der Waals surface area contributed by atoms with Crippen molar-refractivity contribution in [1.82, 2.24) is 9.80 Å². The average Bonchev–Trinajstić information content (AvgIpc) is 2.96. The van der Waals surface area contributed by atoms with Crippen molar-refractivity contribution < 1.29 is 0 Å². The normalized spacial score (nSPS) is 34.7. The highest BCUT2D eigenvalue weighted by molar-refractivity contribution is 5.00. The highest BCUT2D eigenvalue weighted by atomic mass is 15.3. The molecule has 2 saturated heterocycles. The van der Waals surface area contributed by atoms with Crippen molar-refractivity contribution >= 4 is 0 Å². The molecule has 1 saturated carbocycles. The van der Waals surface area contributed by atoms with Crippen molar-refractivity contribution in [2.24, 2.45) is 11.3 Å². The van der Waals surface area contributed by atoms with Crippen LogP contribution in [0.5, 0.6) is 0 Å². The second kappa shape index (κ2) is 5.37. The summed E-state index contributed by atoms with van der Waals surface area (Å²) < 4.78 is 0. The lowest BCUT2D eigenvalue weighted by Crippen LogP contribution is -2.58. The molecule has 2 aliphatic heterocycles. The van der Waals surface area contributed by atoms with E-state index in [2.05, 4.69) is 30.6 Å². The molecule has 0 spiro atoms. The third kappa shape index (κ3) is 2.85. The minimum Gasteiger partial charge on any atom is -0.298 e.